The zero-order valence-corrected chi connectivity index (χ0v) is 12.9. The first-order valence-electron chi connectivity index (χ1n) is 8.05. The molecule has 5 heteroatoms. The van der Waals surface area contributed by atoms with Crippen molar-refractivity contribution in [1.29, 1.82) is 0 Å². The summed E-state index contributed by atoms with van der Waals surface area (Å²) in [5.41, 5.74) is 1.36. The van der Waals surface area contributed by atoms with Crippen molar-refractivity contribution in [2.24, 2.45) is 5.41 Å². The highest BCUT2D eigenvalue weighted by Gasteiger charge is 2.38. The number of nitrogens with zero attached hydrogens (tertiary/aromatic N) is 1. The molecule has 0 spiro atoms. The molecule has 0 atom stereocenters. The van der Waals surface area contributed by atoms with Crippen LogP contribution in [-0.4, -0.2) is 55.4 Å². The van der Waals surface area contributed by atoms with Gasteiger partial charge in [-0.25, -0.2) is 0 Å². The highest BCUT2D eigenvalue weighted by Crippen LogP contribution is 2.28. The van der Waals surface area contributed by atoms with Gasteiger partial charge in [0.25, 0.3) is 5.91 Å². The maximum absolute atomic E-state index is 12.7. The van der Waals surface area contributed by atoms with E-state index in [1.165, 1.54) is 6.42 Å². The largest absolute Gasteiger partial charge is 0.396 e. The average molecular weight is 304 g/mol. The fourth-order valence-corrected chi connectivity index (χ4v) is 3.01. The molecule has 2 heterocycles. The van der Waals surface area contributed by atoms with Gasteiger partial charge in [-0.05, 0) is 31.4 Å². The van der Waals surface area contributed by atoms with Gasteiger partial charge in [0.15, 0.2) is 0 Å². The minimum Gasteiger partial charge on any atom is -0.396 e. The molecule has 0 bridgehead atoms. The van der Waals surface area contributed by atoms with Crippen LogP contribution in [0.3, 0.4) is 0 Å². The van der Waals surface area contributed by atoms with E-state index < -0.39 is 0 Å². The minimum atomic E-state index is -0.207. The predicted molar refractivity (Wildman–Crippen MR) is 85.0 cm³/mol. The first-order valence-corrected chi connectivity index (χ1v) is 8.05. The number of carbonyl (C=O) groups excluding carboxylic acids is 1. The number of aliphatic hydroxyl groups is 1. The molecular weight excluding hydrogens is 280 g/mol. The lowest BCUT2D eigenvalue weighted by Gasteiger charge is -2.40. The molecule has 2 fully saturated rings. The van der Waals surface area contributed by atoms with Crippen LogP contribution in [0, 0.1) is 5.41 Å². The topological polar surface area (TPSA) is 61.8 Å². The zero-order chi connectivity index (χ0) is 15.4. The fourth-order valence-electron chi connectivity index (χ4n) is 3.01. The van der Waals surface area contributed by atoms with E-state index in [0.29, 0.717) is 19.8 Å². The van der Waals surface area contributed by atoms with Gasteiger partial charge in [0.2, 0.25) is 0 Å². The van der Waals surface area contributed by atoms with Gasteiger partial charge in [-0.15, -0.1) is 0 Å². The molecule has 5 nitrogen and oxygen atoms in total. The van der Waals surface area contributed by atoms with Crippen LogP contribution < -0.4 is 5.32 Å². The van der Waals surface area contributed by atoms with Gasteiger partial charge in [-0.1, -0.05) is 12.1 Å². The van der Waals surface area contributed by atoms with E-state index >= 15 is 0 Å². The molecule has 2 aliphatic rings. The van der Waals surface area contributed by atoms with Crippen LogP contribution in [0.15, 0.2) is 24.3 Å². The van der Waals surface area contributed by atoms with Gasteiger partial charge in [-0.3, -0.25) is 4.79 Å². The van der Waals surface area contributed by atoms with Crippen molar-refractivity contribution < 1.29 is 14.6 Å². The number of aliphatic hydroxyl groups excluding tert-OH is 1. The number of ether oxygens (including phenoxy) is 1. The second kappa shape index (κ2) is 6.67. The molecule has 1 amide bonds. The van der Waals surface area contributed by atoms with E-state index in [0.717, 1.165) is 37.2 Å². The third-order valence-corrected chi connectivity index (χ3v) is 4.61. The summed E-state index contributed by atoms with van der Waals surface area (Å²) in [6.45, 7) is 3.55. The van der Waals surface area contributed by atoms with Crippen molar-refractivity contribution in [3.05, 3.63) is 29.8 Å². The number of piperidine rings is 1. The Morgan fingerprint density at radius 2 is 1.95 bits per heavy atom. The average Bonchev–Trinajstić information content (AvgIpc) is 2.55. The van der Waals surface area contributed by atoms with Gasteiger partial charge in [0, 0.05) is 25.3 Å². The number of para-hydroxylation sites is 1. The van der Waals surface area contributed by atoms with Gasteiger partial charge < -0.3 is 20.1 Å². The summed E-state index contributed by atoms with van der Waals surface area (Å²) in [5.74, 6) is 0.103. The molecule has 0 aliphatic carbocycles. The lowest BCUT2D eigenvalue weighted by Crippen LogP contribution is -2.50. The third-order valence-electron chi connectivity index (χ3n) is 4.61. The van der Waals surface area contributed by atoms with E-state index in [2.05, 4.69) is 5.32 Å². The Bertz CT molecular complexity index is 517. The lowest BCUT2D eigenvalue weighted by molar-refractivity contribution is -0.128. The summed E-state index contributed by atoms with van der Waals surface area (Å²) in [7, 11) is 0. The molecule has 120 valence electrons. The van der Waals surface area contributed by atoms with Crippen molar-refractivity contribution in [3.63, 3.8) is 0 Å². The van der Waals surface area contributed by atoms with Crippen LogP contribution in [0.4, 0.5) is 5.69 Å². The highest BCUT2D eigenvalue weighted by molar-refractivity contribution is 5.99. The molecule has 1 aromatic carbocycles. The van der Waals surface area contributed by atoms with Crippen molar-refractivity contribution >= 4 is 11.6 Å². The number of benzene rings is 1. The van der Waals surface area contributed by atoms with E-state index in [1.807, 2.05) is 29.2 Å². The SMILES string of the molecule is O=C(c1ccccc1NCC1(CO)COC1)N1CCCCC1. The smallest absolute Gasteiger partial charge is 0.255 e. The molecular formula is C17H24N2O3. The molecule has 0 radical (unpaired) electrons. The van der Waals surface area contributed by atoms with E-state index in [4.69, 9.17) is 4.74 Å². The second-order valence-electron chi connectivity index (χ2n) is 6.40. The van der Waals surface area contributed by atoms with Gasteiger partial charge in [-0.2, -0.15) is 0 Å². The van der Waals surface area contributed by atoms with E-state index in [-0.39, 0.29) is 17.9 Å². The Hall–Kier alpha value is -1.59. The number of nitrogens with one attached hydrogen (secondary N) is 1. The van der Waals surface area contributed by atoms with Crippen LogP contribution in [0.1, 0.15) is 29.6 Å². The van der Waals surface area contributed by atoms with Gasteiger partial charge in [0.05, 0.1) is 30.8 Å². The number of amides is 1. The van der Waals surface area contributed by atoms with Crippen LogP contribution in [0.2, 0.25) is 0 Å². The summed E-state index contributed by atoms with van der Waals surface area (Å²) in [6, 6.07) is 7.64. The molecule has 2 saturated heterocycles. The Morgan fingerprint density at radius 3 is 2.59 bits per heavy atom. The quantitative estimate of drug-likeness (QED) is 0.870. The van der Waals surface area contributed by atoms with Crippen molar-refractivity contribution in [2.45, 2.75) is 19.3 Å². The minimum absolute atomic E-state index is 0.0994. The molecule has 2 N–H and O–H groups in total. The third kappa shape index (κ3) is 3.10. The van der Waals surface area contributed by atoms with Crippen molar-refractivity contribution in [3.8, 4) is 0 Å². The molecule has 0 saturated carbocycles. The fraction of sp³-hybridized carbons (Fsp3) is 0.588. The monoisotopic (exact) mass is 304 g/mol. The first kappa shape index (κ1) is 15.3. The molecule has 22 heavy (non-hydrogen) atoms. The van der Waals surface area contributed by atoms with Crippen LogP contribution in [-0.2, 0) is 4.74 Å². The molecule has 3 rings (SSSR count). The molecule has 0 aromatic heterocycles. The van der Waals surface area contributed by atoms with E-state index in [9.17, 15) is 9.90 Å². The summed E-state index contributed by atoms with van der Waals surface area (Å²) in [5, 5.41) is 12.8. The summed E-state index contributed by atoms with van der Waals surface area (Å²) in [6.07, 6.45) is 3.39. The molecule has 2 aliphatic heterocycles. The number of hydrogen-bond donors (Lipinski definition) is 2. The standard InChI is InChI=1S/C17H24N2O3/c20-11-17(12-22-13-17)10-18-15-7-3-2-6-14(15)16(21)19-8-4-1-5-9-19/h2-3,6-7,18,20H,1,4-5,8-13H2. The first-order chi connectivity index (χ1) is 10.7. The van der Waals surface area contributed by atoms with Crippen LogP contribution >= 0.6 is 0 Å². The maximum atomic E-state index is 12.7. The van der Waals surface area contributed by atoms with Gasteiger partial charge >= 0.3 is 0 Å². The van der Waals surface area contributed by atoms with Crippen LogP contribution in [0.25, 0.3) is 0 Å². The summed E-state index contributed by atoms with van der Waals surface area (Å²) < 4.78 is 5.22. The molecule has 1 aromatic rings. The zero-order valence-electron chi connectivity index (χ0n) is 12.9. The highest BCUT2D eigenvalue weighted by atomic mass is 16.5. The lowest BCUT2D eigenvalue weighted by atomic mass is 9.87. The number of rotatable bonds is 5. The Kier molecular flexibility index (Phi) is 4.64. The second-order valence-corrected chi connectivity index (χ2v) is 6.40. The summed E-state index contributed by atoms with van der Waals surface area (Å²) in [4.78, 5) is 14.7. The Balaban J connectivity index is 1.70. The number of anilines is 1. The normalized spacial score (nSPS) is 20.3. The van der Waals surface area contributed by atoms with Crippen LogP contribution in [0.5, 0.6) is 0 Å². The maximum Gasteiger partial charge on any atom is 0.255 e. The Morgan fingerprint density at radius 1 is 1.23 bits per heavy atom. The molecule has 0 unspecified atom stereocenters. The predicted octanol–water partition coefficient (Wildman–Crippen LogP) is 1.73. The van der Waals surface area contributed by atoms with Crippen molar-refractivity contribution in [1.82, 2.24) is 4.90 Å². The Labute approximate surface area is 131 Å². The summed E-state index contributed by atoms with van der Waals surface area (Å²) >= 11 is 0. The number of likely N-dealkylation sites (tertiary alicyclic amines) is 1. The number of carbonyl (C=O) groups is 1. The van der Waals surface area contributed by atoms with E-state index in [1.54, 1.807) is 0 Å². The van der Waals surface area contributed by atoms with Gasteiger partial charge in [0.1, 0.15) is 0 Å². The number of hydrogen-bond acceptors (Lipinski definition) is 4. The van der Waals surface area contributed by atoms with Crippen molar-refractivity contribution in [2.75, 3.05) is 44.8 Å².